The number of nitrogens with zero attached hydrogens (tertiary/aromatic N) is 1. The predicted octanol–water partition coefficient (Wildman–Crippen LogP) is 2.21. The number of carbonyl (C=O) groups excluding carboxylic acids is 2. The van der Waals surface area contributed by atoms with Gasteiger partial charge in [0.25, 0.3) is 17.5 Å². The number of non-ortho nitro benzene ring substituents is 1. The largest absolute Gasteiger partial charge is 0.270 e. The van der Waals surface area contributed by atoms with Crippen molar-refractivity contribution in [1.29, 1.82) is 0 Å². The molecule has 0 spiro atoms. The van der Waals surface area contributed by atoms with E-state index in [4.69, 9.17) is 0 Å². The van der Waals surface area contributed by atoms with E-state index >= 15 is 0 Å². The summed E-state index contributed by atoms with van der Waals surface area (Å²) in [5.74, 6) is -1.88. The summed E-state index contributed by atoms with van der Waals surface area (Å²) in [4.78, 5) is 33.4. The SMILES string of the molecule is O=C(/C=C/c1ccccc1F)NNC(=O)c1cccc([N+](=O)[O-])c1. The lowest BCUT2D eigenvalue weighted by Crippen LogP contribution is -2.40. The molecule has 0 aliphatic carbocycles. The Morgan fingerprint density at radius 2 is 1.83 bits per heavy atom. The maximum absolute atomic E-state index is 13.4. The number of halogens is 1. The van der Waals surface area contributed by atoms with Gasteiger partial charge in [0, 0.05) is 29.3 Å². The van der Waals surface area contributed by atoms with Crippen LogP contribution in [0.2, 0.25) is 0 Å². The summed E-state index contributed by atoms with van der Waals surface area (Å²) in [6.45, 7) is 0. The summed E-state index contributed by atoms with van der Waals surface area (Å²) in [7, 11) is 0. The summed E-state index contributed by atoms with van der Waals surface area (Å²) < 4.78 is 13.4. The fourth-order valence-corrected chi connectivity index (χ4v) is 1.77. The lowest BCUT2D eigenvalue weighted by Gasteiger charge is -2.05. The van der Waals surface area contributed by atoms with Crippen LogP contribution >= 0.6 is 0 Å². The zero-order valence-corrected chi connectivity index (χ0v) is 12.2. The molecule has 0 fully saturated rings. The van der Waals surface area contributed by atoms with Crippen LogP contribution in [0.4, 0.5) is 10.1 Å². The van der Waals surface area contributed by atoms with E-state index in [-0.39, 0.29) is 16.8 Å². The van der Waals surface area contributed by atoms with Crippen molar-refractivity contribution in [3.8, 4) is 0 Å². The van der Waals surface area contributed by atoms with Crippen LogP contribution < -0.4 is 10.9 Å². The molecule has 122 valence electrons. The molecule has 0 saturated heterocycles. The molecular weight excluding hydrogens is 317 g/mol. The molecule has 8 heteroatoms. The van der Waals surface area contributed by atoms with E-state index in [0.717, 1.165) is 12.1 Å². The fourth-order valence-electron chi connectivity index (χ4n) is 1.77. The van der Waals surface area contributed by atoms with Gasteiger partial charge in [0.2, 0.25) is 0 Å². The van der Waals surface area contributed by atoms with E-state index < -0.39 is 22.6 Å². The third-order valence-electron chi connectivity index (χ3n) is 2.94. The standard InChI is InChI=1S/C16H12FN3O4/c17-14-7-2-1-4-11(14)8-9-15(21)18-19-16(22)12-5-3-6-13(10-12)20(23)24/h1-10H,(H,18,21)(H,19,22)/b9-8+. The van der Waals surface area contributed by atoms with Crippen molar-refractivity contribution in [2.75, 3.05) is 0 Å². The van der Waals surface area contributed by atoms with Crippen LogP contribution in [-0.2, 0) is 4.79 Å². The Hall–Kier alpha value is -3.55. The van der Waals surface area contributed by atoms with Gasteiger partial charge in [-0.2, -0.15) is 0 Å². The Morgan fingerprint density at radius 3 is 2.54 bits per heavy atom. The molecule has 2 aromatic carbocycles. The first kappa shape index (κ1) is 16.8. The molecule has 7 nitrogen and oxygen atoms in total. The summed E-state index contributed by atoms with van der Waals surface area (Å²) in [5, 5.41) is 10.7. The predicted molar refractivity (Wildman–Crippen MR) is 84.1 cm³/mol. The minimum Gasteiger partial charge on any atom is -0.268 e. The number of hydrogen-bond donors (Lipinski definition) is 2. The minimum atomic E-state index is -0.716. The lowest BCUT2D eigenvalue weighted by atomic mass is 10.2. The summed E-state index contributed by atoms with van der Waals surface area (Å²) in [6, 6.07) is 10.9. The van der Waals surface area contributed by atoms with Crippen LogP contribution in [-0.4, -0.2) is 16.7 Å². The van der Waals surface area contributed by atoms with E-state index in [9.17, 15) is 24.1 Å². The summed E-state index contributed by atoms with van der Waals surface area (Å²) >= 11 is 0. The van der Waals surface area contributed by atoms with Crippen LogP contribution in [0.1, 0.15) is 15.9 Å². The van der Waals surface area contributed by atoms with Crippen molar-refractivity contribution in [3.05, 3.63) is 81.7 Å². The Balaban J connectivity index is 1.94. The number of nitro benzene ring substituents is 1. The molecule has 0 aliphatic rings. The van der Waals surface area contributed by atoms with Crippen molar-refractivity contribution in [2.24, 2.45) is 0 Å². The quantitative estimate of drug-likeness (QED) is 0.510. The first-order valence-corrected chi connectivity index (χ1v) is 6.75. The van der Waals surface area contributed by atoms with Gasteiger partial charge in [-0.1, -0.05) is 24.3 Å². The van der Waals surface area contributed by atoms with E-state index in [0.29, 0.717) is 0 Å². The summed E-state index contributed by atoms with van der Waals surface area (Å²) in [6.07, 6.45) is 2.30. The van der Waals surface area contributed by atoms with Crippen molar-refractivity contribution in [3.63, 3.8) is 0 Å². The molecule has 2 N–H and O–H groups in total. The molecule has 0 radical (unpaired) electrons. The number of nitrogens with one attached hydrogen (secondary N) is 2. The smallest absolute Gasteiger partial charge is 0.268 e. The molecule has 0 heterocycles. The molecule has 0 unspecified atom stereocenters. The number of hydrogen-bond acceptors (Lipinski definition) is 4. The van der Waals surface area contributed by atoms with Gasteiger partial charge in [0.1, 0.15) is 5.82 Å². The number of hydrazine groups is 1. The van der Waals surface area contributed by atoms with E-state index in [1.165, 1.54) is 42.5 Å². The van der Waals surface area contributed by atoms with E-state index in [1.54, 1.807) is 6.07 Å². The second-order valence-corrected chi connectivity index (χ2v) is 4.61. The highest BCUT2D eigenvalue weighted by molar-refractivity contribution is 5.98. The highest BCUT2D eigenvalue weighted by Gasteiger charge is 2.11. The molecular formula is C16H12FN3O4. The Kier molecular flexibility index (Phi) is 5.35. The maximum Gasteiger partial charge on any atom is 0.270 e. The molecule has 0 aliphatic heterocycles. The van der Waals surface area contributed by atoms with Gasteiger partial charge < -0.3 is 0 Å². The molecule has 24 heavy (non-hydrogen) atoms. The van der Waals surface area contributed by atoms with Gasteiger partial charge in [-0.15, -0.1) is 0 Å². The molecule has 2 aromatic rings. The highest BCUT2D eigenvalue weighted by Crippen LogP contribution is 2.12. The zero-order chi connectivity index (χ0) is 17.5. The first-order chi connectivity index (χ1) is 11.5. The van der Waals surface area contributed by atoms with E-state index in [2.05, 4.69) is 10.9 Å². The molecule has 0 saturated carbocycles. The number of rotatable bonds is 4. The second kappa shape index (κ2) is 7.63. The molecule has 0 atom stereocenters. The van der Waals surface area contributed by atoms with Gasteiger partial charge in [-0.05, 0) is 18.2 Å². The van der Waals surface area contributed by atoms with Crippen molar-refractivity contribution < 1.29 is 18.9 Å². The monoisotopic (exact) mass is 329 g/mol. The van der Waals surface area contributed by atoms with Crippen molar-refractivity contribution >= 4 is 23.6 Å². The van der Waals surface area contributed by atoms with Gasteiger partial charge in [-0.25, -0.2) is 4.39 Å². The average molecular weight is 329 g/mol. The van der Waals surface area contributed by atoms with Gasteiger partial charge >= 0.3 is 0 Å². The zero-order valence-electron chi connectivity index (χ0n) is 12.2. The Morgan fingerprint density at radius 1 is 1.08 bits per heavy atom. The van der Waals surface area contributed by atoms with Crippen molar-refractivity contribution in [2.45, 2.75) is 0 Å². The number of carbonyl (C=O) groups is 2. The second-order valence-electron chi connectivity index (χ2n) is 4.61. The Bertz CT molecular complexity index is 820. The normalized spacial score (nSPS) is 10.4. The lowest BCUT2D eigenvalue weighted by molar-refractivity contribution is -0.384. The topological polar surface area (TPSA) is 101 Å². The van der Waals surface area contributed by atoms with Crippen LogP contribution in [0.5, 0.6) is 0 Å². The number of benzene rings is 2. The van der Waals surface area contributed by atoms with Crippen LogP contribution in [0, 0.1) is 15.9 Å². The minimum absolute atomic E-state index is 0.0163. The van der Waals surface area contributed by atoms with Gasteiger partial charge in [0.05, 0.1) is 4.92 Å². The first-order valence-electron chi connectivity index (χ1n) is 6.75. The molecule has 2 rings (SSSR count). The summed E-state index contributed by atoms with van der Waals surface area (Å²) in [5.41, 5.74) is 4.21. The third kappa shape index (κ3) is 4.47. The van der Waals surface area contributed by atoms with Gasteiger partial charge in [-0.3, -0.25) is 30.6 Å². The van der Waals surface area contributed by atoms with Crippen LogP contribution in [0.15, 0.2) is 54.6 Å². The van der Waals surface area contributed by atoms with Gasteiger partial charge in [0.15, 0.2) is 0 Å². The highest BCUT2D eigenvalue weighted by atomic mass is 19.1. The van der Waals surface area contributed by atoms with Crippen LogP contribution in [0.3, 0.4) is 0 Å². The molecule has 2 amide bonds. The molecule has 0 bridgehead atoms. The van der Waals surface area contributed by atoms with Crippen LogP contribution in [0.25, 0.3) is 6.08 Å². The maximum atomic E-state index is 13.4. The Labute approximate surface area is 135 Å². The van der Waals surface area contributed by atoms with Crippen molar-refractivity contribution in [1.82, 2.24) is 10.9 Å². The molecule has 0 aromatic heterocycles. The number of nitro groups is 1. The average Bonchev–Trinajstić information content (AvgIpc) is 2.59. The third-order valence-corrected chi connectivity index (χ3v) is 2.94. The number of amides is 2. The fraction of sp³-hybridized carbons (Fsp3) is 0. The van der Waals surface area contributed by atoms with E-state index in [1.807, 2.05) is 0 Å².